The molecule has 1 fully saturated rings. The zero-order valence-corrected chi connectivity index (χ0v) is 18.3. The average Bonchev–Trinajstić information content (AvgIpc) is 3.49. The minimum atomic E-state index is -0.153. The zero-order chi connectivity index (χ0) is 21.9. The normalized spacial score (nSPS) is 16.3. The topological polar surface area (TPSA) is 111 Å². The molecule has 1 amide bonds. The molecule has 11 heteroatoms. The molecule has 1 aromatic carbocycles. The van der Waals surface area contributed by atoms with Gasteiger partial charge in [0, 0.05) is 19.2 Å². The first kappa shape index (κ1) is 20.3. The molecule has 1 unspecified atom stereocenters. The van der Waals surface area contributed by atoms with E-state index < -0.39 is 0 Å². The average molecular weight is 451 g/mol. The maximum atomic E-state index is 13.0. The van der Waals surface area contributed by atoms with E-state index in [-0.39, 0.29) is 11.8 Å². The van der Waals surface area contributed by atoms with Crippen LogP contribution >= 0.6 is 11.3 Å². The van der Waals surface area contributed by atoms with Crippen LogP contribution in [0.2, 0.25) is 0 Å². The lowest BCUT2D eigenvalue weighted by atomic mass is 9.97. The first-order chi connectivity index (χ1) is 15.7. The molecule has 1 atom stereocenters. The number of nitrogens with zero attached hydrogens (tertiary/aromatic N) is 7. The molecular weight excluding hydrogens is 428 g/mol. The highest BCUT2D eigenvalue weighted by Crippen LogP contribution is 2.30. The predicted octanol–water partition coefficient (Wildman–Crippen LogP) is 2.92. The molecule has 0 saturated carbocycles. The van der Waals surface area contributed by atoms with Gasteiger partial charge in [0.2, 0.25) is 5.91 Å². The summed E-state index contributed by atoms with van der Waals surface area (Å²) >= 11 is 1.45. The van der Waals surface area contributed by atoms with Gasteiger partial charge in [0.15, 0.2) is 10.9 Å². The molecule has 0 spiro atoms. The number of carbonyl (C=O) groups is 1. The Balaban J connectivity index is 1.28. The second kappa shape index (κ2) is 8.87. The largest absolute Gasteiger partial charge is 0.494 e. The number of hydrogen-bond donors (Lipinski definition) is 1. The highest BCUT2D eigenvalue weighted by molar-refractivity contribution is 7.22. The fourth-order valence-electron chi connectivity index (χ4n) is 3.78. The molecule has 3 aromatic heterocycles. The first-order valence-electron chi connectivity index (χ1n) is 10.5. The molecule has 1 N–H and O–H groups in total. The summed E-state index contributed by atoms with van der Waals surface area (Å²) < 4.78 is 8.12. The summed E-state index contributed by atoms with van der Waals surface area (Å²) in [4.78, 5) is 32.3. The predicted molar refractivity (Wildman–Crippen MR) is 121 cm³/mol. The Kier molecular flexibility index (Phi) is 5.63. The second-order valence-electron chi connectivity index (χ2n) is 7.43. The van der Waals surface area contributed by atoms with E-state index in [1.807, 2.05) is 31.2 Å². The van der Waals surface area contributed by atoms with Crippen LogP contribution in [0.25, 0.3) is 16.0 Å². The van der Waals surface area contributed by atoms with Crippen molar-refractivity contribution in [1.29, 1.82) is 0 Å². The Hall–Kier alpha value is -3.60. The van der Waals surface area contributed by atoms with E-state index in [4.69, 9.17) is 4.74 Å². The lowest BCUT2D eigenvalue weighted by molar-refractivity contribution is -0.120. The van der Waals surface area contributed by atoms with Crippen LogP contribution in [0.5, 0.6) is 5.75 Å². The summed E-state index contributed by atoms with van der Waals surface area (Å²) in [5.74, 6) is 2.04. The molecule has 4 aromatic rings. The standard InChI is InChI=1S/C21H22N8O2S/c1-2-31-15-5-6-16-17(8-15)32-21(26-16)27-20(30)14-4-3-7-28(10-14)18-9-19(24-12-23-18)29-13-22-11-25-29/h5-6,8-9,11-14H,2-4,7,10H2,1H3,(H,26,27,30). The Morgan fingerprint density at radius 1 is 1.25 bits per heavy atom. The number of amides is 1. The second-order valence-corrected chi connectivity index (χ2v) is 8.46. The SMILES string of the molecule is CCOc1ccc2nc(NC(=O)C3CCCN(c4cc(-n5cncn5)ncn4)C3)sc2c1. The van der Waals surface area contributed by atoms with Gasteiger partial charge >= 0.3 is 0 Å². The van der Waals surface area contributed by atoms with Crippen LogP contribution in [0, 0.1) is 5.92 Å². The smallest absolute Gasteiger partial charge is 0.231 e. The number of hydrogen-bond acceptors (Lipinski definition) is 9. The maximum absolute atomic E-state index is 13.0. The molecule has 1 saturated heterocycles. The van der Waals surface area contributed by atoms with E-state index >= 15 is 0 Å². The lowest BCUT2D eigenvalue weighted by Gasteiger charge is -2.32. The summed E-state index contributed by atoms with van der Waals surface area (Å²) in [5, 5.41) is 7.72. The molecule has 1 aliphatic rings. The number of piperidine rings is 1. The van der Waals surface area contributed by atoms with Crippen molar-refractivity contribution in [3.8, 4) is 11.6 Å². The fourth-order valence-corrected chi connectivity index (χ4v) is 4.68. The molecule has 0 aliphatic carbocycles. The third kappa shape index (κ3) is 4.24. The van der Waals surface area contributed by atoms with Gasteiger partial charge in [0.05, 0.1) is 22.7 Å². The number of rotatable bonds is 6. The number of thiazole rings is 1. The van der Waals surface area contributed by atoms with Crippen molar-refractivity contribution in [2.24, 2.45) is 5.92 Å². The van der Waals surface area contributed by atoms with Crippen LogP contribution in [0.4, 0.5) is 10.9 Å². The van der Waals surface area contributed by atoms with E-state index in [0.29, 0.717) is 24.1 Å². The Morgan fingerprint density at radius 2 is 2.16 bits per heavy atom. The molecule has 5 rings (SSSR count). The molecule has 32 heavy (non-hydrogen) atoms. The van der Waals surface area contributed by atoms with E-state index in [0.717, 1.165) is 41.2 Å². The highest BCUT2D eigenvalue weighted by atomic mass is 32.1. The number of benzene rings is 1. The van der Waals surface area contributed by atoms with Gasteiger partial charge in [0.25, 0.3) is 0 Å². The summed E-state index contributed by atoms with van der Waals surface area (Å²) in [6.45, 7) is 3.98. The van der Waals surface area contributed by atoms with Crippen LogP contribution in [-0.4, -0.2) is 55.3 Å². The van der Waals surface area contributed by atoms with Crippen molar-refractivity contribution in [1.82, 2.24) is 29.7 Å². The molecule has 1 aliphatic heterocycles. The van der Waals surface area contributed by atoms with E-state index in [1.165, 1.54) is 24.0 Å². The van der Waals surface area contributed by atoms with Crippen LogP contribution in [0.3, 0.4) is 0 Å². The number of aromatic nitrogens is 6. The van der Waals surface area contributed by atoms with Gasteiger partial charge in [0.1, 0.15) is 30.5 Å². The minimum Gasteiger partial charge on any atom is -0.494 e. The summed E-state index contributed by atoms with van der Waals surface area (Å²) in [5.41, 5.74) is 0.848. The van der Waals surface area contributed by atoms with Crippen molar-refractivity contribution < 1.29 is 9.53 Å². The first-order valence-corrected chi connectivity index (χ1v) is 11.3. The monoisotopic (exact) mass is 450 g/mol. The van der Waals surface area contributed by atoms with Gasteiger partial charge in [-0.2, -0.15) is 5.10 Å². The van der Waals surface area contributed by atoms with Gasteiger partial charge in [-0.15, -0.1) is 0 Å². The van der Waals surface area contributed by atoms with Gasteiger partial charge in [-0.05, 0) is 38.0 Å². The van der Waals surface area contributed by atoms with Crippen molar-refractivity contribution in [2.45, 2.75) is 19.8 Å². The molecule has 0 radical (unpaired) electrons. The molecule has 164 valence electrons. The van der Waals surface area contributed by atoms with Crippen molar-refractivity contribution >= 4 is 38.4 Å². The summed E-state index contributed by atoms with van der Waals surface area (Å²) in [6.07, 6.45) is 6.28. The van der Waals surface area contributed by atoms with Crippen LogP contribution < -0.4 is 15.0 Å². The molecule has 4 heterocycles. The zero-order valence-electron chi connectivity index (χ0n) is 17.5. The highest BCUT2D eigenvalue weighted by Gasteiger charge is 2.27. The number of fused-ring (bicyclic) bond motifs is 1. The van der Waals surface area contributed by atoms with Gasteiger partial charge in [-0.3, -0.25) is 4.79 Å². The lowest BCUT2D eigenvalue weighted by Crippen LogP contribution is -2.41. The quantitative estimate of drug-likeness (QED) is 0.477. The van der Waals surface area contributed by atoms with E-state index in [9.17, 15) is 4.79 Å². The number of anilines is 2. The van der Waals surface area contributed by atoms with Crippen molar-refractivity contribution in [3.63, 3.8) is 0 Å². The van der Waals surface area contributed by atoms with Crippen LogP contribution in [-0.2, 0) is 4.79 Å². The maximum Gasteiger partial charge on any atom is 0.231 e. The summed E-state index contributed by atoms with van der Waals surface area (Å²) in [7, 11) is 0. The number of nitrogens with one attached hydrogen (secondary N) is 1. The fraction of sp³-hybridized carbons (Fsp3) is 0.333. The van der Waals surface area contributed by atoms with Crippen LogP contribution in [0.15, 0.2) is 43.2 Å². The van der Waals surface area contributed by atoms with Crippen molar-refractivity contribution in [3.05, 3.63) is 43.2 Å². The van der Waals surface area contributed by atoms with Gasteiger partial charge in [-0.1, -0.05) is 11.3 Å². The number of ether oxygens (including phenoxy) is 1. The number of carbonyl (C=O) groups excluding carboxylic acids is 1. The van der Waals surface area contributed by atoms with Crippen LogP contribution in [0.1, 0.15) is 19.8 Å². The third-order valence-corrected chi connectivity index (χ3v) is 6.24. The van der Waals surface area contributed by atoms with Crippen molar-refractivity contribution in [2.75, 3.05) is 29.9 Å². The Morgan fingerprint density at radius 3 is 3.00 bits per heavy atom. The molecule has 10 nitrogen and oxygen atoms in total. The van der Waals surface area contributed by atoms with Gasteiger partial charge < -0.3 is 15.0 Å². The van der Waals surface area contributed by atoms with Gasteiger partial charge in [-0.25, -0.2) is 24.6 Å². The Labute approximate surface area is 188 Å². The molecular formula is C21H22N8O2S. The summed E-state index contributed by atoms with van der Waals surface area (Å²) in [6, 6.07) is 7.62. The minimum absolute atomic E-state index is 0.0238. The third-order valence-electron chi connectivity index (χ3n) is 5.31. The Bertz CT molecular complexity index is 1230. The van der Waals surface area contributed by atoms with E-state index in [2.05, 4.69) is 35.3 Å². The van der Waals surface area contributed by atoms with E-state index in [1.54, 1.807) is 11.0 Å². The molecule has 0 bridgehead atoms.